The minimum atomic E-state index is -0.406. The van der Waals surface area contributed by atoms with E-state index in [4.69, 9.17) is 0 Å². The lowest BCUT2D eigenvalue weighted by Gasteiger charge is -2.09. The Morgan fingerprint density at radius 2 is 1.70 bits per heavy atom. The number of nitrogens with zero attached hydrogens (tertiary/aromatic N) is 2. The van der Waals surface area contributed by atoms with Gasteiger partial charge >= 0.3 is 0 Å². The van der Waals surface area contributed by atoms with E-state index in [1.807, 2.05) is 87.5 Å². The van der Waals surface area contributed by atoms with Gasteiger partial charge in [-0.2, -0.15) is 5.26 Å². The van der Waals surface area contributed by atoms with Gasteiger partial charge in [0.25, 0.3) is 5.91 Å². The van der Waals surface area contributed by atoms with Gasteiger partial charge in [-0.15, -0.1) is 0 Å². The predicted molar refractivity (Wildman–Crippen MR) is 109 cm³/mol. The first-order valence-corrected chi connectivity index (χ1v) is 8.74. The third kappa shape index (κ3) is 3.83. The highest BCUT2D eigenvalue weighted by Crippen LogP contribution is 2.23. The standard InChI is InChI=1S/C23H21N3O/c1-16-9-7-8-12-22(16)25-23(27)20(15-24)14-19-13-17(2)26(18(19)3)21-10-5-4-6-11-21/h4-14H,1-3H3,(H,25,27). The molecule has 0 radical (unpaired) electrons. The molecule has 3 rings (SSSR count). The van der Waals surface area contributed by atoms with Crippen molar-refractivity contribution in [1.29, 1.82) is 5.26 Å². The van der Waals surface area contributed by atoms with Crippen molar-refractivity contribution < 1.29 is 4.79 Å². The zero-order chi connectivity index (χ0) is 19.4. The van der Waals surface area contributed by atoms with Gasteiger partial charge in [-0.1, -0.05) is 36.4 Å². The van der Waals surface area contributed by atoms with Crippen LogP contribution in [0.1, 0.15) is 22.5 Å². The Labute approximate surface area is 159 Å². The third-order valence-corrected chi connectivity index (χ3v) is 4.54. The van der Waals surface area contributed by atoms with Gasteiger partial charge in [0, 0.05) is 22.8 Å². The second kappa shape index (κ2) is 7.76. The summed E-state index contributed by atoms with van der Waals surface area (Å²) in [7, 11) is 0. The van der Waals surface area contributed by atoms with E-state index in [9.17, 15) is 10.1 Å². The first-order chi connectivity index (χ1) is 13.0. The van der Waals surface area contributed by atoms with E-state index < -0.39 is 5.91 Å². The Morgan fingerprint density at radius 3 is 2.37 bits per heavy atom. The number of amides is 1. The molecule has 0 bridgehead atoms. The Balaban J connectivity index is 1.94. The summed E-state index contributed by atoms with van der Waals surface area (Å²) in [5.74, 6) is -0.406. The fourth-order valence-electron chi connectivity index (χ4n) is 3.12. The van der Waals surface area contributed by atoms with Crippen LogP contribution in [0.15, 0.2) is 66.2 Å². The number of benzene rings is 2. The summed E-state index contributed by atoms with van der Waals surface area (Å²) in [5.41, 5.74) is 5.66. The molecule has 0 unspecified atom stereocenters. The van der Waals surface area contributed by atoms with Gasteiger partial charge in [0.2, 0.25) is 0 Å². The molecule has 3 aromatic rings. The smallest absolute Gasteiger partial charge is 0.266 e. The molecule has 2 aromatic carbocycles. The van der Waals surface area contributed by atoms with E-state index in [0.29, 0.717) is 5.69 Å². The van der Waals surface area contributed by atoms with E-state index in [1.165, 1.54) is 0 Å². The highest BCUT2D eigenvalue weighted by molar-refractivity contribution is 6.10. The molecule has 4 heteroatoms. The monoisotopic (exact) mass is 355 g/mol. The molecular formula is C23H21N3O. The van der Waals surface area contributed by atoms with Crippen LogP contribution in [0.3, 0.4) is 0 Å². The van der Waals surface area contributed by atoms with Gasteiger partial charge in [-0.25, -0.2) is 0 Å². The minimum absolute atomic E-state index is 0.0755. The van der Waals surface area contributed by atoms with Crippen molar-refractivity contribution in [1.82, 2.24) is 4.57 Å². The number of para-hydroxylation sites is 2. The number of aromatic nitrogens is 1. The molecule has 0 saturated heterocycles. The Bertz CT molecular complexity index is 1050. The van der Waals surface area contributed by atoms with Crippen LogP contribution < -0.4 is 5.32 Å². The normalized spacial score (nSPS) is 11.1. The van der Waals surface area contributed by atoms with Crippen LogP contribution in [0, 0.1) is 32.1 Å². The topological polar surface area (TPSA) is 57.8 Å². The van der Waals surface area contributed by atoms with Gasteiger partial charge < -0.3 is 9.88 Å². The molecule has 1 heterocycles. The van der Waals surface area contributed by atoms with Crippen molar-refractivity contribution in [3.63, 3.8) is 0 Å². The van der Waals surface area contributed by atoms with Crippen LogP contribution in [0.4, 0.5) is 5.69 Å². The molecule has 27 heavy (non-hydrogen) atoms. The maximum atomic E-state index is 12.6. The van der Waals surface area contributed by atoms with Gasteiger partial charge in [-0.05, 0) is 62.2 Å². The Morgan fingerprint density at radius 1 is 1.04 bits per heavy atom. The largest absolute Gasteiger partial charge is 0.321 e. The first-order valence-electron chi connectivity index (χ1n) is 8.74. The van der Waals surface area contributed by atoms with Crippen molar-refractivity contribution in [3.8, 4) is 11.8 Å². The average molecular weight is 355 g/mol. The molecule has 1 aromatic heterocycles. The lowest BCUT2D eigenvalue weighted by molar-refractivity contribution is -0.112. The average Bonchev–Trinajstić information content (AvgIpc) is 2.95. The molecule has 0 saturated carbocycles. The lowest BCUT2D eigenvalue weighted by Crippen LogP contribution is -2.14. The number of hydrogen-bond donors (Lipinski definition) is 1. The number of rotatable bonds is 4. The van der Waals surface area contributed by atoms with Gasteiger partial charge in [0.1, 0.15) is 11.6 Å². The molecule has 4 nitrogen and oxygen atoms in total. The summed E-state index contributed by atoms with van der Waals surface area (Å²) in [4.78, 5) is 12.6. The molecule has 1 N–H and O–H groups in total. The molecule has 1 amide bonds. The summed E-state index contributed by atoms with van der Waals surface area (Å²) in [5, 5.41) is 12.3. The maximum absolute atomic E-state index is 12.6. The van der Waals surface area contributed by atoms with Crippen LogP contribution in [-0.2, 0) is 4.79 Å². The van der Waals surface area contributed by atoms with Crippen molar-refractivity contribution in [2.45, 2.75) is 20.8 Å². The van der Waals surface area contributed by atoms with E-state index in [-0.39, 0.29) is 5.57 Å². The van der Waals surface area contributed by atoms with Crippen LogP contribution in [-0.4, -0.2) is 10.5 Å². The van der Waals surface area contributed by atoms with Crippen LogP contribution in [0.25, 0.3) is 11.8 Å². The second-order valence-corrected chi connectivity index (χ2v) is 6.44. The highest BCUT2D eigenvalue weighted by Gasteiger charge is 2.14. The Kier molecular flexibility index (Phi) is 5.23. The van der Waals surface area contributed by atoms with Gasteiger partial charge in [0.15, 0.2) is 0 Å². The number of carbonyl (C=O) groups is 1. The van der Waals surface area contributed by atoms with E-state index in [0.717, 1.165) is 28.2 Å². The van der Waals surface area contributed by atoms with Crippen LogP contribution in [0.5, 0.6) is 0 Å². The van der Waals surface area contributed by atoms with Crippen molar-refractivity contribution in [2.24, 2.45) is 0 Å². The number of carbonyl (C=O) groups excluding carboxylic acids is 1. The quantitative estimate of drug-likeness (QED) is 0.532. The first kappa shape index (κ1) is 18.2. The summed E-state index contributed by atoms with van der Waals surface area (Å²) >= 11 is 0. The minimum Gasteiger partial charge on any atom is -0.321 e. The lowest BCUT2D eigenvalue weighted by atomic mass is 10.1. The number of anilines is 1. The molecule has 0 aliphatic carbocycles. The molecule has 0 aliphatic rings. The molecular weight excluding hydrogens is 334 g/mol. The SMILES string of the molecule is Cc1ccccc1NC(=O)C(C#N)=Cc1cc(C)n(-c2ccccc2)c1C. The number of nitriles is 1. The second-order valence-electron chi connectivity index (χ2n) is 6.44. The van der Waals surface area contributed by atoms with Crippen LogP contribution >= 0.6 is 0 Å². The van der Waals surface area contributed by atoms with Crippen LogP contribution in [0.2, 0.25) is 0 Å². The van der Waals surface area contributed by atoms with Crippen molar-refractivity contribution in [3.05, 3.63) is 88.8 Å². The van der Waals surface area contributed by atoms with E-state index in [1.54, 1.807) is 6.08 Å². The predicted octanol–water partition coefficient (Wildman–Crippen LogP) is 4.95. The molecule has 0 fully saturated rings. The Hall–Kier alpha value is -3.58. The zero-order valence-electron chi connectivity index (χ0n) is 15.7. The summed E-state index contributed by atoms with van der Waals surface area (Å²) < 4.78 is 2.11. The number of aryl methyl sites for hydroxylation is 2. The summed E-state index contributed by atoms with van der Waals surface area (Å²) in [6.45, 7) is 5.91. The molecule has 134 valence electrons. The molecule has 0 spiro atoms. The van der Waals surface area contributed by atoms with Crippen molar-refractivity contribution in [2.75, 3.05) is 5.32 Å². The van der Waals surface area contributed by atoms with E-state index in [2.05, 4.69) is 9.88 Å². The van der Waals surface area contributed by atoms with Gasteiger partial charge in [0.05, 0.1) is 0 Å². The number of nitrogens with one attached hydrogen (secondary N) is 1. The maximum Gasteiger partial charge on any atom is 0.266 e. The molecule has 0 atom stereocenters. The number of hydrogen-bond acceptors (Lipinski definition) is 2. The van der Waals surface area contributed by atoms with Gasteiger partial charge in [-0.3, -0.25) is 4.79 Å². The highest BCUT2D eigenvalue weighted by atomic mass is 16.1. The fourth-order valence-corrected chi connectivity index (χ4v) is 3.12. The fraction of sp³-hybridized carbons (Fsp3) is 0.130. The van der Waals surface area contributed by atoms with Crippen molar-refractivity contribution >= 4 is 17.7 Å². The molecule has 0 aliphatic heterocycles. The summed E-state index contributed by atoms with van der Waals surface area (Å²) in [6, 6.07) is 21.5. The summed E-state index contributed by atoms with van der Waals surface area (Å²) in [6.07, 6.45) is 1.65. The third-order valence-electron chi connectivity index (χ3n) is 4.54. The van der Waals surface area contributed by atoms with E-state index >= 15 is 0 Å². The zero-order valence-corrected chi connectivity index (χ0v) is 15.7.